The van der Waals surface area contributed by atoms with Crippen molar-refractivity contribution in [3.63, 3.8) is 0 Å². The van der Waals surface area contributed by atoms with E-state index in [1.807, 2.05) is 0 Å². The Bertz CT molecular complexity index is 665. The second kappa shape index (κ2) is 4.08. The van der Waals surface area contributed by atoms with Gasteiger partial charge < -0.3 is 0 Å². The third-order valence-electron chi connectivity index (χ3n) is 2.05. The minimum absolute atomic E-state index is 0.0781. The minimum atomic E-state index is -3.40. The van der Waals surface area contributed by atoms with Crippen molar-refractivity contribution in [2.75, 3.05) is 6.26 Å². The smallest absolute Gasteiger partial charge is 0.192 e. The maximum Gasteiger partial charge on any atom is 0.192 e. The molecule has 17 heavy (non-hydrogen) atoms. The number of aromatic nitrogens is 4. The van der Waals surface area contributed by atoms with Gasteiger partial charge in [-0.05, 0) is 12.1 Å². The molecule has 0 unspecified atom stereocenters. The molecule has 90 valence electrons. The summed E-state index contributed by atoms with van der Waals surface area (Å²) >= 11 is 5.78. The first-order valence-electron chi connectivity index (χ1n) is 4.60. The van der Waals surface area contributed by atoms with Crippen molar-refractivity contribution in [3.05, 3.63) is 23.5 Å². The highest BCUT2D eigenvalue weighted by Gasteiger charge is 2.13. The number of rotatable bonds is 2. The molecule has 0 saturated heterocycles. The SMILES string of the molecule is Cn1ncc(-c2cc(Cl)nc(S(C)(=O)=O)c2)n1. The van der Waals surface area contributed by atoms with E-state index in [0.717, 1.165) is 6.26 Å². The minimum Gasteiger partial charge on any atom is -0.225 e. The molecule has 2 aromatic heterocycles. The lowest BCUT2D eigenvalue weighted by Gasteiger charge is -2.01. The Balaban J connectivity index is 2.60. The average molecular weight is 273 g/mol. The van der Waals surface area contributed by atoms with Crippen LogP contribution in [0.15, 0.2) is 23.4 Å². The predicted molar refractivity (Wildman–Crippen MR) is 62.4 cm³/mol. The van der Waals surface area contributed by atoms with Gasteiger partial charge in [-0.25, -0.2) is 13.4 Å². The number of hydrogen-bond acceptors (Lipinski definition) is 5. The average Bonchev–Trinajstić information content (AvgIpc) is 2.62. The molecule has 6 nitrogen and oxygen atoms in total. The van der Waals surface area contributed by atoms with Crippen molar-refractivity contribution in [1.82, 2.24) is 20.0 Å². The predicted octanol–water partition coefficient (Wildman–Crippen LogP) is 0.934. The van der Waals surface area contributed by atoms with Crippen LogP contribution < -0.4 is 0 Å². The van der Waals surface area contributed by atoms with Gasteiger partial charge in [0.05, 0.1) is 6.20 Å². The van der Waals surface area contributed by atoms with Gasteiger partial charge in [0, 0.05) is 18.9 Å². The number of nitrogens with zero attached hydrogens (tertiary/aromatic N) is 4. The van der Waals surface area contributed by atoms with Crippen LogP contribution in [0.2, 0.25) is 5.15 Å². The Morgan fingerprint density at radius 1 is 1.35 bits per heavy atom. The molecule has 8 heteroatoms. The number of sulfone groups is 1. The maximum absolute atomic E-state index is 11.4. The van der Waals surface area contributed by atoms with Crippen molar-refractivity contribution in [3.8, 4) is 11.3 Å². The van der Waals surface area contributed by atoms with Gasteiger partial charge in [-0.1, -0.05) is 11.6 Å². The zero-order valence-corrected chi connectivity index (χ0v) is 10.7. The second-order valence-corrected chi connectivity index (χ2v) is 5.86. The van der Waals surface area contributed by atoms with Crippen LogP contribution in [0.25, 0.3) is 11.3 Å². The van der Waals surface area contributed by atoms with Crippen LogP contribution in [0, 0.1) is 0 Å². The summed E-state index contributed by atoms with van der Waals surface area (Å²) < 4.78 is 22.8. The zero-order valence-electron chi connectivity index (χ0n) is 9.12. The number of pyridine rings is 1. The highest BCUT2D eigenvalue weighted by atomic mass is 35.5. The largest absolute Gasteiger partial charge is 0.225 e. The van der Waals surface area contributed by atoms with Crippen LogP contribution in [0.3, 0.4) is 0 Å². The van der Waals surface area contributed by atoms with Gasteiger partial charge in [-0.15, -0.1) is 0 Å². The molecule has 2 aromatic rings. The van der Waals surface area contributed by atoms with Crippen molar-refractivity contribution in [2.24, 2.45) is 7.05 Å². The number of halogens is 1. The molecule has 0 atom stereocenters. The monoisotopic (exact) mass is 272 g/mol. The molecular weight excluding hydrogens is 264 g/mol. The highest BCUT2D eigenvalue weighted by Crippen LogP contribution is 2.22. The van der Waals surface area contributed by atoms with Gasteiger partial charge in [-0.3, -0.25) is 0 Å². The fraction of sp³-hybridized carbons (Fsp3) is 0.222. The van der Waals surface area contributed by atoms with E-state index in [2.05, 4.69) is 15.2 Å². The van der Waals surface area contributed by atoms with Crippen LogP contribution in [-0.2, 0) is 16.9 Å². The highest BCUT2D eigenvalue weighted by molar-refractivity contribution is 7.90. The van der Waals surface area contributed by atoms with Crippen LogP contribution in [0.5, 0.6) is 0 Å². The van der Waals surface area contributed by atoms with E-state index in [1.54, 1.807) is 13.1 Å². The molecule has 0 bridgehead atoms. The zero-order chi connectivity index (χ0) is 12.6. The first-order valence-corrected chi connectivity index (χ1v) is 6.87. The van der Waals surface area contributed by atoms with Crippen LogP contribution in [-0.4, -0.2) is 34.7 Å². The lowest BCUT2D eigenvalue weighted by molar-refractivity contribution is 0.598. The van der Waals surface area contributed by atoms with Gasteiger partial charge in [0.15, 0.2) is 14.9 Å². The maximum atomic E-state index is 11.4. The molecule has 0 aliphatic rings. The first kappa shape index (κ1) is 12.0. The van der Waals surface area contributed by atoms with Gasteiger partial charge in [-0.2, -0.15) is 15.0 Å². The molecule has 0 radical (unpaired) electrons. The van der Waals surface area contributed by atoms with Crippen molar-refractivity contribution < 1.29 is 8.42 Å². The van der Waals surface area contributed by atoms with Gasteiger partial charge in [0.1, 0.15) is 10.8 Å². The molecule has 0 aliphatic carbocycles. The van der Waals surface area contributed by atoms with Crippen LogP contribution in [0.4, 0.5) is 0 Å². The topological polar surface area (TPSA) is 77.7 Å². The summed E-state index contributed by atoms with van der Waals surface area (Å²) in [6, 6.07) is 2.96. The van der Waals surface area contributed by atoms with E-state index in [-0.39, 0.29) is 10.2 Å². The van der Waals surface area contributed by atoms with Gasteiger partial charge >= 0.3 is 0 Å². The molecule has 0 saturated carbocycles. The van der Waals surface area contributed by atoms with E-state index in [0.29, 0.717) is 11.3 Å². The Hall–Kier alpha value is -1.47. The Morgan fingerprint density at radius 2 is 2.06 bits per heavy atom. The fourth-order valence-corrected chi connectivity index (χ4v) is 2.15. The molecule has 2 heterocycles. The van der Waals surface area contributed by atoms with E-state index in [1.165, 1.54) is 17.1 Å². The summed E-state index contributed by atoms with van der Waals surface area (Å²) in [6.07, 6.45) is 2.60. The van der Waals surface area contributed by atoms with Gasteiger partial charge in [0.25, 0.3) is 0 Å². The lowest BCUT2D eigenvalue weighted by atomic mass is 10.2. The van der Waals surface area contributed by atoms with E-state index in [4.69, 9.17) is 11.6 Å². The fourth-order valence-electron chi connectivity index (χ4n) is 1.29. The number of hydrogen-bond donors (Lipinski definition) is 0. The summed E-state index contributed by atoms with van der Waals surface area (Å²) in [6.45, 7) is 0. The molecule has 0 aliphatic heterocycles. The van der Waals surface area contributed by atoms with Crippen molar-refractivity contribution in [1.29, 1.82) is 0 Å². The first-order chi connectivity index (χ1) is 7.86. The third kappa shape index (κ3) is 2.62. The van der Waals surface area contributed by atoms with E-state index < -0.39 is 9.84 Å². The van der Waals surface area contributed by atoms with Crippen LogP contribution >= 0.6 is 11.6 Å². The number of aryl methyl sites for hydroxylation is 1. The lowest BCUT2D eigenvalue weighted by Crippen LogP contribution is -2.01. The van der Waals surface area contributed by atoms with Gasteiger partial charge in [0.2, 0.25) is 0 Å². The van der Waals surface area contributed by atoms with E-state index >= 15 is 0 Å². The summed E-state index contributed by atoms with van der Waals surface area (Å²) in [4.78, 5) is 5.14. The van der Waals surface area contributed by atoms with Crippen molar-refractivity contribution >= 4 is 21.4 Å². The molecule has 0 spiro atoms. The molecule has 0 fully saturated rings. The summed E-state index contributed by atoms with van der Waals surface area (Å²) in [5.74, 6) is 0. The third-order valence-corrected chi connectivity index (χ3v) is 3.21. The van der Waals surface area contributed by atoms with Crippen LogP contribution in [0.1, 0.15) is 0 Å². The summed E-state index contributed by atoms with van der Waals surface area (Å²) in [7, 11) is -1.73. The quantitative estimate of drug-likeness (QED) is 0.760. The summed E-state index contributed by atoms with van der Waals surface area (Å²) in [5, 5.41) is 8.00. The molecular formula is C9H9ClN4O2S. The molecule has 2 rings (SSSR count). The molecule has 0 aromatic carbocycles. The Morgan fingerprint density at radius 3 is 2.59 bits per heavy atom. The Labute approximate surface area is 103 Å². The second-order valence-electron chi connectivity index (χ2n) is 3.51. The van der Waals surface area contributed by atoms with Crippen molar-refractivity contribution in [2.45, 2.75) is 5.03 Å². The molecule has 0 N–H and O–H groups in total. The molecule has 0 amide bonds. The summed E-state index contributed by atoms with van der Waals surface area (Å²) in [5.41, 5.74) is 1.11. The Kier molecular flexibility index (Phi) is 2.88. The van der Waals surface area contributed by atoms with E-state index in [9.17, 15) is 8.42 Å². The normalized spacial score (nSPS) is 11.7. The standard InChI is InChI=1S/C9H9ClN4O2S/c1-14-11-5-7(13-14)6-3-8(10)12-9(4-6)17(2,15)16/h3-5H,1-2H3.